The molecule has 0 atom stereocenters. The second-order valence-electron chi connectivity index (χ2n) is 6.27. The van der Waals surface area contributed by atoms with E-state index in [2.05, 4.69) is 16.4 Å². The van der Waals surface area contributed by atoms with Crippen molar-refractivity contribution in [2.24, 2.45) is 0 Å². The molecule has 0 aliphatic rings. The number of ether oxygens (including phenoxy) is 2. The SMILES string of the molecule is CCOC(=O)c1ccc(N/C=C(\C#N)c2nc(-c3ccc(OC(C)=O)cc3)cs2)cc1. The molecule has 2 aromatic carbocycles. The van der Waals surface area contributed by atoms with Gasteiger partial charge in [-0.2, -0.15) is 5.26 Å². The molecular formula is C23H19N3O4S. The number of carbonyl (C=O) groups is 2. The minimum Gasteiger partial charge on any atom is -0.462 e. The molecule has 31 heavy (non-hydrogen) atoms. The van der Waals surface area contributed by atoms with E-state index >= 15 is 0 Å². The van der Waals surface area contributed by atoms with Crippen LogP contribution >= 0.6 is 11.3 Å². The van der Waals surface area contributed by atoms with Crippen molar-refractivity contribution in [1.82, 2.24) is 4.98 Å². The fourth-order valence-corrected chi connectivity index (χ4v) is 3.40. The Balaban J connectivity index is 1.71. The van der Waals surface area contributed by atoms with Gasteiger partial charge in [0.2, 0.25) is 0 Å². The van der Waals surface area contributed by atoms with Gasteiger partial charge in [0.15, 0.2) is 0 Å². The number of allylic oxidation sites excluding steroid dienone is 1. The number of hydrogen-bond acceptors (Lipinski definition) is 8. The minimum atomic E-state index is -0.379. The summed E-state index contributed by atoms with van der Waals surface area (Å²) in [5.74, 6) is -0.295. The molecule has 0 spiro atoms. The van der Waals surface area contributed by atoms with Gasteiger partial charge in [-0.3, -0.25) is 4.79 Å². The van der Waals surface area contributed by atoms with Crippen molar-refractivity contribution < 1.29 is 19.1 Å². The first-order chi connectivity index (χ1) is 15.0. The topological polar surface area (TPSA) is 101 Å². The Kier molecular flexibility index (Phi) is 7.14. The number of nitrogens with one attached hydrogen (secondary N) is 1. The summed E-state index contributed by atoms with van der Waals surface area (Å²) in [7, 11) is 0. The van der Waals surface area contributed by atoms with Gasteiger partial charge in [0.1, 0.15) is 22.4 Å². The van der Waals surface area contributed by atoms with Crippen LogP contribution in [0.5, 0.6) is 5.75 Å². The van der Waals surface area contributed by atoms with E-state index < -0.39 is 0 Å². The number of esters is 2. The number of thiazole rings is 1. The summed E-state index contributed by atoms with van der Waals surface area (Å²) in [6.07, 6.45) is 1.58. The zero-order valence-corrected chi connectivity index (χ0v) is 17.7. The first kappa shape index (κ1) is 21.7. The van der Waals surface area contributed by atoms with Crippen LogP contribution in [-0.4, -0.2) is 23.5 Å². The van der Waals surface area contributed by atoms with Gasteiger partial charge < -0.3 is 14.8 Å². The molecule has 0 radical (unpaired) electrons. The molecule has 0 saturated carbocycles. The Bertz CT molecular complexity index is 1140. The third-order valence-corrected chi connectivity index (χ3v) is 4.92. The number of carbonyl (C=O) groups excluding carboxylic acids is 2. The normalized spacial score (nSPS) is 10.8. The first-order valence-corrected chi connectivity index (χ1v) is 10.3. The molecule has 1 heterocycles. The van der Waals surface area contributed by atoms with Crippen LogP contribution in [0.1, 0.15) is 29.2 Å². The number of aromatic nitrogens is 1. The van der Waals surface area contributed by atoms with E-state index in [4.69, 9.17) is 9.47 Å². The smallest absolute Gasteiger partial charge is 0.338 e. The van der Waals surface area contributed by atoms with Crippen LogP contribution < -0.4 is 10.1 Å². The molecule has 3 rings (SSSR count). The summed E-state index contributed by atoms with van der Waals surface area (Å²) >= 11 is 1.35. The van der Waals surface area contributed by atoms with E-state index in [1.807, 2.05) is 5.38 Å². The van der Waals surface area contributed by atoms with E-state index in [9.17, 15) is 14.9 Å². The highest BCUT2D eigenvalue weighted by atomic mass is 32.1. The lowest BCUT2D eigenvalue weighted by Crippen LogP contribution is -2.04. The van der Waals surface area contributed by atoms with Crippen LogP contribution in [0.25, 0.3) is 16.8 Å². The van der Waals surface area contributed by atoms with Crippen LogP contribution in [0, 0.1) is 11.3 Å². The van der Waals surface area contributed by atoms with Gasteiger partial charge >= 0.3 is 11.9 Å². The number of rotatable bonds is 7. The number of anilines is 1. The largest absolute Gasteiger partial charge is 0.462 e. The van der Waals surface area contributed by atoms with Gasteiger partial charge in [-0.05, 0) is 55.5 Å². The second-order valence-corrected chi connectivity index (χ2v) is 7.13. The van der Waals surface area contributed by atoms with E-state index in [0.29, 0.717) is 34.2 Å². The maximum Gasteiger partial charge on any atom is 0.338 e. The van der Waals surface area contributed by atoms with Crippen molar-refractivity contribution >= 4 is 34.5 Å². The Morgan fingerprint density at radius 2 is 1.87 bits per heavy atom. The number of hydrogen-bond donors (Lipinski definition) is 1. The van der Waals surface area contributed by atoms with Gasteiger partial charge in [-0.25, -0.2) is 9.78 Å². The van der Waals surface area contributed by atoms with Gasteiger partial charge in [0, 0.05) is 29.8 Å². The highest BCUT2D eigenvalue weighted by molar-refractivity contribution is 7.11. The van der Waals surface area contributed by atoms with Gasteiger partial charge in [0.25, 0.3) is 0 Å². The molecule has 0 bridgehead atoms. The summed E-state index contributed by atoms with van der Waals surface area (Å²) in [4.78, 5) is 27.3. The Labute approximate surface area is 183 Å². The molecule has 0 aliphatic heterocycles. The highest BCUT2D eigenvalue weighted by Crippen LogP contribution is 2.27. The zero-order chi connectivity index (χ0) is 22.2. The summed E-state index contributed by atoms with van der Waals surface area (Å²) in [5, 5.41) is 15.0. The number of benzene rings is 2. The van der Waals surface area contributed by atoms with Crippen molar-refractivity contribution in [1.29, 1.82) is 5.26 Å². The van der Waals surface area contributed by atoms with Crippen LogP contribution in [0.15, 0.2) is 60.1 Å². The molecule has 0 fully saturated rings. The van der Waals surface area contributed by atoms with Crippen LogP contribution in [0.4, 0.5) is 5.69 Å². The lowest BCUT2D eigenvalue weighted by atomic mass is 10.2. The molecular weight excluding hydrogens is 414 g/mol. The fourth-order valence-electron chi connectivity index (χ4n) is 2.60. The Hall–Kier alpha value is -3.96. The van der Waals surface area contributed by atoms with E-state index in [1.54, 1.807) is 61.7 Å². The third kappa shape index (κ3) is 5.78. The fraction of sp³-hybridized carbons (Fsp3) is 0.130. The predicted molar refractivity (Wildman–Crippen MR) is 118 cm³/mol. The third-order valence-electron chi connectivity index (χ3n) is 4.05. The lowest BCUT2D eigenvalue weighted by molar-refractivity contribution is -0.131. The van der Waals surface area contributed by atoms with Crippen molar-refractivity contribution in [3.05, 3.63) is 70.7 Å². The minimum absolute atomic E-state index is 0.319. The maximum atomic E-state index is 11.7. The monoisotopic (exact) mass is 433 g/mol. The molecule has 156 valence electrons. The number of nitriles is 1. The van der Waals surface area contributed by atoms with Crippen molar-refractivity contribution in [3.63, 3.8) is 0 Å². The summed E-state index contributed by atoms with van der Waals surface area (Å²) in [6, 6.07) is 15.9. The van der Waals surface area contributed by atoms with Gasteiger partial charge in [-0.1, -0.05) is 0 Å². The van der Waals surface area contributed by atoms with Crippen LogP contribution in [0.2, 0.25) is 0 Å². The Morgan fingerprint density at radius 1 is 1.16 bits per heavy atom. The van der Waals surface area contributed by atoms with E-state index in [-0.39, 0.29) is 11.9 Å². The van der Waals surface area contributed by atoms with Gasteiger partial charge in [-0.15, -0.1) is 11.3 Å². The summed E-state index contributed by atoms with van der Waals surface area (Å²) < 4.78 is 9.99. The molecule has 3 aromatic rings. The molecule has 1 aromatic heterocycles. The standard InChI is InChI=1S/C23H19N3O4S/c1-3-29-23(28)17-4-8-19(9-5-17)25-13-18(12-24)22-26-21(14-31-22)16-6-10-20(11-7-16)30-15(2)27/h4-11,13-14,25H,3H2,1-2H3/b18-13+. The molecule has 8 heteroatoms. The molecule has 0 saturated heterocycles. The van der Waals surface area contributed by atoms with E-state index in [0.717, 1.165) is 11.3 Å². The quantitative estimate of drug-likeness (QED) is 0.322. The second kappa shape index (κ2) is 10.2. The average Bonchev–Trinajstić information content (AvgIpc) is 3.25. The molecule has 0 unspecified atom stereocenters. The zero-order valence-electron chi connectivity index (χ0n) is 16.9. The van der Waals surface area contributed by atoms with Gasteiger partial charge in [0.05, 0.1) is 17.9 Å². The van der Waals surface area contributed by atoms with Crippen molar-refractivity contribution in [2.45, 2.75) is 13.8 Å². The molecule has 0 amide bonds. The first-order valence-electron chi connectivity index (χ1n) is 9.39. The average molecular weight is 433 g/mol. The Morgan fingerprint density at radius 3 is 2.48 bits per heavy atom. The van der Waals surface area contributed by atoms with Crippen molar-refractivity contribution in [3.8, 4) is 23.1 Å². The number of nitrogens with zero attached hydrogens (tertiary/aromatic N) is 2. The maximum absolute atomic E-state index is 11.7. The summed E-state index contributed by atoms with van der Waals surface area (Å²) in [6.45, 7) is 3.42. The lowest BCUT2D eigenvalue weighted by Gasteiger charge is -2.04. The predicted octanol–water partition coefficient (Wildman–Crippen LogP) is 4.89. The van der Waals surface area contributed by atoms with Crippen LogP contribution in [-0.2, 0) is 9.53 Å². The van der Waals surface area contributed by atoms with Crippen LogP contribution in [0.3, 0.4) is 0 Å². The van der Waals surface area contributed by atoms with Crippen molar-refractivity contribution in [2.75, 3.05) is 11.9 Å². The van der Waals surface area contributed by atoms with E-state index in [1.165, 1.54) is 18.3 Å². The molecule has 1 N–H and O–H groups in total. The summed E-state index contributed by atoms with van der Waals surface area (Å²) in [5.41, 5.74) is 3.12. The molecule has 7 nitrogen and oxygen atoms in total. The molecule has 0 aliphatic carbocycles. The highest BCUT2D eigenvalue weighted by Gasteiger charge is 2.10.